The number of amides is 1. The Bertz CT molecular complexity index is 670. The van der Waals surface area contributed by atoms with Gasteiger partial charge in [0.05, 0.1) is 5.69 Å². The van der Waals surface area contributed by atoms with Crippen LogP contribution in [0.25, 0.3) is 5.69 Å². The summed E-state index contributed by atoms with van der Waals surface area (Å²) in [5, 5.41) is 16.1. The highest BCUT2D eigenvalue weighted by Crippen LogP contribution is 2.14. The molecule has 23 heavy (non-hydrogen) atoms. The quantitative estimate of drug-likeness (QED) is 0.824. The first-order chi connectivity index (χ1) is 11.0. The average Bonchev–Trinajstić information content (AvgIpc) is 2.93. The summed E-state index contributed by atoms with van der Waals surface area (Å²) in [6.07, 6.45) is 1.55. The molecule has 0 radical (unpaired) electrons. The monoisotopic (exact) mass is 319 g/mol. The van der Waals surface area contributed by atoms with Gasteiger partial charge in [0.1, 0.15) is 5.82 Å². The van der Waals surface area contributed by atoms with Gasteiger partial charge in [0.2, 0.25) is 0 Å². The molecular weight excluding hydrogens is 297 g/mol. The molecule has 0 fully saturated rings. The SMILES string of the molecule is CCC(CCO)CNC(=O)c1cc(C)n(-c2cccc(F)c2)n1. The van der Waals surface area contributed by atoms with Crippen LogP contribution in [-0.4, -0.2) is 33.9 Å². The van der Waals surface area contributed by atoms with Gasteiger partial charge in [-0.2, -0.15) is 5.10 Å². The second kappa shape index (κ2) is 7.87. The lowest BCUT2D eigenvalue weighted by Gasteiger charge is -2.13. The maximum atomic E-state index is 13.3. The predicted molar refractivity (Wildman–Crippen MR) is 86.1 cm³/mol. The number of rotatable bonds is 7. The number of hydrogen-bond donors (Lipinski definition) is 2. The highest BCUT2D eigenvalue weighted by Gasteiger charge is 2.15. The predicted octanol–water partition coefficient (Wildman–Crippen LogP) is 2.46. The van der Waals surface area contributed by atoms with E-state index < -0.39 is 0 Å². The Hall–Kier alpha value is -2.21. The molecule has 0 bridgehead atoms. The first-order valence-corrected chi connectivity index (χ1v) is 7.76. The largest absolute Gasteiger partial charge is 0.396 e. The number of benzene rings is 1. The lowest BCUT2D eigenvalue weighted by Crippen LogP contribution is -2.30. The Kier molecular flexibility index (Phi) is 5.87. The average molecular weight is 319 g/mol. The van der Waals surface area contributed by atoms with Crippen LogP contribution in [0.4, 0.5) is 4.39 Å². The molecule has 5 nitrogen and oxygen atoms in total. The van der Waals surface area contributed by atoms with Crippen LogP contribution >= 0.6 is 0 Å². The van der Waals surface area contributed by atoms with Gasteiger partial charge in [-0.05, 0) is 43.5 Å². The van der Waals surface area contributed by atoms with Crippen LogP contribution in [0, 0.1) is 18.7 Å². The summed E-state index contributed by atoms with van der Waals surface area (Å²) in [5.41, 5.74) is 1.63. The molecule has 2 N–H and O–H groups in total. The van der Waals surface area contributed by atoms with E-state index >= 15 is 0 Å². The number of halogens is 1. The van der Waals surface area contributed by atoms with Gasteiger partial charge in [0.15, 0.2) is 5.69 Å². The molecular formula is C17H22FN3O2. The second-order valence-corrected chi connectivity index (χ2v) is 5.56. The van der Waals surface area contributed by atoms with E-state index in [2.05, 4.69) is 10.4 Å². The number of hydrogen-bond acceptors (Lipinski definition) is 3. The zero-order chi connectivity index (χ0) is 16.8. The highest BCUT2D eigenvalue weighted by atomic mass is 19.1. The summed E-state index contributed by atoms with van der Waals surface area (Å²) >= 11 is 0. The van der Waals surface area contributed by atoms with Crippen molar-refractivity contribution in [2.45, 2.75) is 26.7 Å². The summed E-state index contributed by atoms with van der Waals surface area (Å²) in [7, 11) is 0. The van der Waals surface area contributed by atoms with Crippen LogP contribution in [-0.2, 0) is 0 Å². The van der Waals surface area contributed by atoms with E-state index in [9.17, 15) is 9.18 Å². The van der Waals surface area contributed by atoms with Crippen molar-refractivity contribution in [3.8, 4) is 5.69 Å². The molecule has 1 amide bonds. The number of aliphatic hydroxyl groups is 1. The summed E-state index contributed by atoms with van der Waals surface area (Å²) < 4.78 is 14.9. The molecule has 2 aromatic rings. The molecule has 6 heteroatoms. The fraction of sp³-hybridized carbons (Fsp3) is 0.412. The van der Waals surface area contributed by atoms with Crippen LogP contribution in [0.1, 0.15) is 35.9 Å². The minimum atomic E-state index is -0.349. The minimum absolute atomic E-state index is 0.113. The number of carbonyl (C=O) groups is 1. The van der Waals surface area contributed by atoms with Gasteiger partial charge in [-0.3, -0.25) is 4.79 Å². The van der Waals surface area contributed by atoms with Crippen molar-refractivity contribution in [2.24, 2.45) is 5.92 Å². The van der Waals surface area contributed by atoms with Gasteiger partial charge in [-0.25, -0.2) is 9.07 Å². The lowest BCUT2D eigenvalue weighted by atomic mass is 10.0. The Morgan fingerprint density at radius 2 is 2.22 bits per heavy atom. The molecule has 1 atom stereocenters. The fourth-order valence-corrected chi connectivity index (χ4v) is 2.42. The van der Waals surface area contributed by atoms with Crippen molar-refractivity contribution >= 4 is 5.91 Å². The molecule has 1 aromatic heterocycles. The zero-order valence-corrected chi connectivity index (χ0v) is 13.4. The van der Waals surface area contributed by atoms with Gasteiger partial charge in [-0.1, -0.05) is 19.4 Å². The summed E-state index contributed by atoms with van der Waals surface area (Å²) in [4.78, 5) is 12.2. The van der Waals surface area contributed by atoms with Crippen LogP contribution in [0.3, 0.4) is 0 Å². The molecule has 0 aliphatic rings. The zero-order valence-electron chi connectivity index (χ0n) is 13.4. The van der Waals surface area contributed by atoms with E-state index in [1.165, 1.54) is 12.1 Å². The van der Waals surface area contributed by atoms with Crippen molar-refractivity contribution in [3.63, 3.8) is 0 Å². The maximum absolute atomic E-state index is 13.3. The summed E-state index contributed by atoms with van der Waals surface area (Å²) in [6.45, 7) is 4.45. The number of nitrogens with one attached hydrogen (secondary N) is 1. The van der Waals surface area contributed by atoms with Gasteiger partial charge in [-0.15, -0.1) is 0 Å². The third-order valence-corrected chi connectivity index (χ3v) is 3.84. The molecule has 1 unspecified atom stereocenters. The molecule has 0 saturated carbocycles. The third-order valence-electron chi connectivity index (χ3n) is 3.84. The van der Waals surface area contributed by atoms with Gasteiger partial charge in [0, 0.05) is 18.8 Å². The topological polar surface area (TPSA) is 67.2 Å². The van der Waals surface area contributed by atoms with E-state index in [4.69, 9.17) is 5.11 Å². The van der Waals surface area contributed by atoms with Crippen molar-refractivity contribution in [3.05, 3.63) is 47.5 Å². The summed E-state index contributed by atoms with van der Waals surface area (Å²) in [6, 6.07) is 7.75. The van der Waals surface area contributed by atoms with Gasteiger partial charge < -0.3 is 10.4 Å². The van der Waals surface area contributed by atoms with Crippen LogP contribution in [0.15, 0.2) is 30.3 Å². The highest BCUT2D eigenvalue weighted by molar-refractivity contribution is 5.92. The van der Waals surface area contributed by atoms with Crippen molar-refractivity contribution < 1.29 is 14.3 Å². The van der Waals surface area contributed by atoms with E-state index in [1.807, 2.05) is 13.8 Å². The normalized spacial score (nSPS) is 12.2. The van der Waals surface area contributed by atoms with E-state index in [-0.39, 0.29) is 24.2 Å². The van der Waals surface area contributed by atoms with Gasteiger partial charge >= 0.3 is 0 Å². The number of carbonyl (C=O) groups excluding carboxylic acids is 1. The first kappa shape index (κ1) is 17.1. The van der Waals surface area contributed by atoms with E-state index in [0.29, 0.717) is 24.3 Å². The number of aliphatic hydroxyl groups excluding tert-OH is 1. The smallest absolute Gasteiger partial charge is 0.271 e. The van der Waals surface area contributed by atoms with Crippen LogP contribution < -0.4 is 5.32 Å². The standard InChI is InChI=1S/C17H22FN3O2/c1-3-13(7-8-22)11-19-17(23)16-9-12(2)21(20-16)15-6-4-5-14(18)10-15/h4-6,9-10,13,22H,3,7-8,11H2,1-2H3,(H,19,23). The molecule has 1 heterocycles. The van der Waals surface area contributed by atoms with Crippen LogP contribution in [0.2, 0.25) is 0 Å². The Labute approximate surface area is 135 Å². The number of aromatic nitrogens is 2. The number of nitrogens with zero attached hydrogens (tertiary/aromatic N) is 2. The summed E-state index contributed by atoms with van der Waals surface area (Å²) in [5.74, 6) is -0.367. The first-order valence-electron chi connectivity index (χ1n) is 7.76. The van der Waals surface area contributed by atoms with Gasteiger partial charge in [0.25, 0.3) is 5.91 Å². The van der Waals surface area contributed by atoms with Crippen molar-refractivity contribution in [1.82, 2.24) is 15.1 Å². The van der Waals surface area contributed by atoms with E-state index in [0.717, 1.165) is 12.1 Å². The molecule has 0 saturated heterocycles. The second-order valence-electron chi connectivity index (χ2n) is 5.56. The van der Waals surface area contributed by atoms with E-state index in [1.54, 1.807) is 22.9 Å². The molecule has 124 valence electrons. The van der Waals surface area contributed by atoms with Crippen molar-refractivity contribution in [2.75, 3.05) is 13.2 Å². The number of aryl methyl sites for hydroxylation is 1. The van der Waals surface area contributed by atoms with Crippen LogP contribution in [0.5, 0.6) is 0 Å². The fourth-order valence-electron chi connectivity index (χ4n) is 2.42. The third kappa shape index (κ3) is 4.39. The molecule has 0 aliphatic carbocycles. The lowest BCUT2D eigenvalue weighted by molar-refractivity contribution is 0.0938. The Morgan fingerprint density at radius 3 is 2.87 bits per heavy atom. The molecule has 2 rings (SSSR count). The molecule has 0 aliphatic heterocycles. The molecule has 0 spiro atoms. The Morgan fingerprint density at radius 1 is 1.43 bits per heavy atom. The van der Waals surface area contributed by atoms with Crippen molar-refractivity contribution in [1.29, 1.82) is 0 Å². The Balaban J connectivity index is 2.09. The maximum Gasteiger partial charge on any atom is 0.271 e. The minimum Gasteiger partial charge on any atom is -0.396 e. The molecule has 1 aromatic carbocycles.